The van der Waals surface area contributed by atoms with E-state index >= 15 is 0 Å². The number of carbonyl (C=O) groups excluding carboxylic acids is 2. The predicted octanol–water partition coefficient (Wildman–Crippen LogP) is 1.38. The van der Waals surface area contributed by atoms with Crippen molar-refractivity contribution in [2.24, 2.45) is 0 Å². The van der Waals surface area contributed by atoms with Crippen LogP contribution in [0.2, 0.25) is 0 Å². The third kappa shape index (κ3) is 5.35. The fourth-order valence-corrected chi connectivity index (χ4v) is 5.34. The zero-order chi connectivity index (χ0) is 20.9. The number of fused-ring (bicyclic) bond motifs is 1. The summed E-state index contributed by atoms with van der Waals surface area (Å²) >= 11 is 1.86. The number of amides is 2. The van der Waals surface area contributed by atoms with Crippen LogP contribution in [0.25, 0.3) is 0 Å². The number of para-hydroxylation sites is 1. The van der Waals surface area contributed by atoms with Gasteiger partial charge in [-0.2, -0.15) is 0 Å². The molecule has 164 valence electrons. The van der Waals surface area contributed by atoms with E-state index in [1.807, 2.05) is 33.7 Å². The number of thioether (sulfide) groups is 1. The van der Waals surface area contributed by atoms with E-state index in [1.54, 1.807) is 0 Å². The van der Waals surface area contributed by atoms with E-state index in [1.165, 1.54) is 4.90 Å². The van der Waals surface area contributed by atoms with E-state index < -0.39 is 0 Å². The molecule has 1 unspecified atom stereocenters. The van der Waals surface area contributed by atoms with Crippen LogP contribution in [-0.2, 0) is 14.3 Å². The highest BCUT2D eigenvalue weighted by Crippen LogP contribution is 2.37. The van der Waals surface area contributed by atoms with Crippen LogP contribution in [0.5, 0.6) is 0 Å². The molecule has 1 atom stereocenters. The molecule has 0 bridgehead atoms. The molecule has 1 aromatic rings. The van der Waals surface area contributed by atoms with Gasteiger partial charge in [-0.05, 0) is 18.6 Å². The molecule has 4 rings (SSSR count). The minimum atomic E-state index is 0.176. The summed E-state index contributed by atoms with van der Waals surface area (Å²) in [6, 6.07) is 8.24. The van der Waals surface area contributed by atoms with Gasteiger partial charge in [0.25, 0.3) is 0 Å². The molecule has 2 saturated heterocycles. The molecule has 0 saturated carbocycles. The second-order valence-corrected chi connectivity index (χ2v) is 9.76. The third-order valence-electron chi connectivity index (χ3n) is 6.09. The number of piperazine rings is 1. The maximum absolute atomic E-state index is 13.1. The van der Waals surface area contributed by atoms with E-state index in [0.717, 1.165) is 44.8 Å². The number of hydrogen-bond acceptors (Lipinski definition) is 6. The topological polar surface area (TPSA) is 56.3 Å². The number of rotatable bonds is 4. The maximum atomic E-state index is 13.1. The fraction of sp³-hybridized carbons (Fsp3) is 0.636. The number of anilines is 1. The summed E-state index contributed by atoms with van der Waals surface area (Å²) in [6.07, 6.45) is 1.00. The van der Waals surface area contributed by atoms with Gasteiger partial charge in [-0.3, -0.25) is 19.4 Å². The normalized spacial score (nSPS) is 23.7. The molecule has 0 aliphatic carbocycles. The van der Waals surface area contributed by atoms with Gasteiger partial charge in [-0.1, -0.05) is 19.1 Å². The number of ether oxygens (including phenoxy) is 1. The molecule has 7 nitrogen and oxygen atoms in total. The first-order valence-corrected chi connectivity index (χ1v) is 11.8. The molecular formula is C22H32N4O3S. The summed E-state index contributed by atoms with van der Waals surface area (Å²) in [4.78, 5) is 35.1. The van der Waals surface area contributed by atoms with Crippen molar-refractivity contribution in [2.75, 3.05) is 77.0 Å². The van der Waals surface area contributed by atoms with Gasteiger partial charge >= 0.3 is 0 Å². The van der Waals surface area contributed by atoms with Crippen molar-refractivity contribution in [1.82, 2.24) is 14.7 Å². The molecule has 2 fully saturated rings. The van der Waals surface area contributed by atoms with Crippen molar-refractivity contribution in [3.8, 4) is 0 Å². The largest absolute Gasteiger partial charge is 0.378 e. The molecule has 0 spiro atoms. The van der Waals surface area contributed by atoms with E-state index in [2.05, 4.69) is 28.9 Å². The summed E-state index contributed by atoms with van der Waals surface area (Å²) in [5.74, 6) is 0.366. The Bertz CT molecular complexity index is 748. The van der Waals surface area contributed by atoms with Crippen molar-refractivity contribution in [1.29, 1.82) is 0 Å². The van der Waals surface area contributed by atoms with Gasteiger partial charge in [0.05, 0.1) is 32.0 Å². The summed E-state index contributed by atoms with van der Waals surface area (Å²) in [7, 11) is 0. The average Bonchev–Trinajstić information content (AvgIpc) is 2.94. The lowest BCUT2D eigenvalue weighted by Crippen LogP contribution is -2.53. The first-order valence-electron chi connectivity index (χ1n) is 11.0. The Kier molecular flexibility index (Phi) is 7.30. The monoisotopic (exact) mass is 432 g/mol. The highest BCUT2D eigenvalue weighted by molar-refractivity contribution is 8.00. The third-order valence-corrected chi connectivity index (χ3v) is 7.33. The summed E-state index contributed by atoms with van der Waals surface area (Å²) in [6.45, 7) is 9.88. The molecule has 0 aromatic heterocycles. The van der Waals surface area contributed by atoms with Crippen LogP contribution in [0, 0.1) is 0 Å². The molecular weight excluding hydrogens is 400 g/mol. The van der Waals surface area contributed by atoms with E-state index in [4.69, 9.17) is 4.74 Å². The van der Waals surface area contributed by atoms with E-state index in [9.17, 15) is 9.59 Å². The number of nitrogens with zero attached hydrogens (tertiary/aromatic N) is 4. The first kappa shape index (κ1) is 21.6. The van der Waals surface area contributed by atoms with Gasteiger partial charge in [-0.25, -0.2) is 0 Å². The van der Waals surface area contributed by atoms with Crippen molar-refractivity contribution in [3.05, 3.63) is 24.3 Å². The lowest BCUT2D eigenvalue weighted by molar-refractivity contribution is -0.137. The van der Waals surface area contributed by atoms with E-state index in [-0.39, 0.29) is 11.8 Å². The van der Waals surface area contributed by atoms with Crippen molar-refractivity contribution < 1.29 is 14.3 Å². The Balaban J connectivity index is 1.28. The summed E-state index contributed by atoms with van der Waals surface area (Å²) in [5.41, 5.74) is 1.05. The van der Waals surface area contributed by atoms with Crippen molar-refractivity contribution in [2.45, 2.75) is 23.5 Å². The number of carbonyl (C=O) groups is 2. The van der Waals surface area contributed by atoms with Gasteiger partial charge in [0.1, 0.15) is 0 Å². The zero-order valence-corrected chi connectivity index (χ0v) is 18.6. The second-order valence-electron chi connectivity index (χ2n) is 8.28. The lowest BCUT2D eigenvalue weighted by Gasteiger charge is -2.36. The quantitative estimate of drug-likeness (QED) is 0.717. The van der Waals surface area contributed by atoms with Crippen molar-refractivity contribution in [3.63, 3.8) is 0 Å². The van der Waals surface area contributed by atoms with Gasteiger partial charge in [0.15, 0.2) is 0 Å². The highest BCUT2D eigenvalue weighted by Gasteiger charge is 2.28. The van der Waals surface area contributed by atoms with Crippen LogP contribution in [0.3, 0.4) is 0 Å². The molecule has 0 N–H and O–H groups in total. The lowest BCUT2D eigenvalue weighted by atomic mass is 10.2. The van der Waals surface area contributed by atoms with Gasteiger partial charge < -0.3 is 14.5 Å². The van der Waals surface area contributed by atoms with Crippen LogP contribution in [-0.4, -0.2) is 104 Å². The Morgan fingerprint density at radius 2 is 1.57 bits per heavy atom. The Morgan fingerprint density at radius 3 is 2.27 bits per heavy atom. The minimum Gasteiger partial charge on any atom is -0.378 e. The first-order chi connectivity index (χ1) is 14.6. The number of benzene rings is 1. The molecule has 1 aromatic carbocycles. The predicted molar refractivity (Wildman–Crippen MR) is 119 cm³/mol. The number of hydrogen-bond donors (Lipinski definition) is 0. The molecule has 30 heavy (non-hydrogen) atoms. The Morgan fingerprint density at radius 1 is 0.933 bits per heavy atom. The minimum absolute atomic E-state index is 0.176. The molecule has 3 aliphatic rings. The van der Waals surface area contributed by atoms with E-state index in [0.29, 0.717) is 44.6 Å². The second kappa shape index (κ2) is 10.1. The maximum Gasteiger partial charge on any atom is 0.241 e. The van der Waals surface area contributed by atoms with Crippen LogP contribution >= 0.6 is 11.8 Å². The SMILES string of the molecule is CC1CCN(C(=O)CN2CCN(CC(=O)N3CCOCC3)CC2)c2ccccc2S1. The fourth-order valence-electron chi connectivity index (χ4n) is 4.23. The zero-order valence-electron chi connectivity index (χ0n) is 17.8. The molecule has 3 aliphatic heterocycles. The molecule has 2 amide bonds. The molecule has 8 heteroatoms. The Hall–Kier alpha value is -1.61. The van der Waals surface area contributed by atoms with Crippen LogP contribution in [0.4, 0.5) is 5.69 Å². The van der Waals surface area contributed by atoms with Gasteiger partial charge in [-0.15, -0.1) is 11.8 Å². The summed E-state index contributed by atoms with van der Waals surface area (Å²) < 4.78 is 5.33. The van der Waals surface area contributed by atoms with Crippen LogP contribution in [0.1, 0.15) is 13.3 Å². The van der Waals surface area contributed by atoms with Crippen LogP contribution in [0.15, 0.2) is 29.2 Å². The Labute approximate surface area is 183 Å². The average molecular weight is 433 g/mol. The van der Waals surface area contributed by atoms with Crippen molar-refractivity contribution >= 4 is 29.3 Å². The highest BCUT2D eigenvalue weighted by atomic mass is 32.2. The molecule has 0 radical (unpaired) electrons. The standard InChI is InChI=1S/C22H32N4O3S/c1-18-6-7-26(19-4-2-3-5-20(19)30-18)22(28)17-24-10-8-23(9-11-24)16-21(27)25-12-14-29-15-13-25/h2-5,18H,6-17H2,1H3. The number of morpholine rings is 1. The summed E-state index contributed by atoms with van der Waals surface area (Å²) in [5, 5.41) is 0.511. The van der Waals surface area contributed by atoms with Crippen LogP contribution < -0.4 is 4.90 Å². The van der Waals surface area contributed by atoms with Gasteiger partial charge in [0, 0.05) is 56.0 Å². The van der Waals surface area contributed by atoms with Gasteiger partial charge in [0.2, 0.25) is 11.8 Å². The smallest absolute Gasteiger partial charge is 0.241 e. The molecule has 3 heterocycles.